The number of Topliss-reactive ketones (excluding diaryl/α,β-unsaturated/α-hetero) is 2. The fourth-order valence-corrected chi connectivity index (χ4v) is 2.03. The van der Waals surface area contributed by atoms with Gasteiger partial charge in [0.05, 0.1) is 0 Å². The van der Waals surface area contributed by atoms with Crippen LogP contribution in [0.1, 0.15) is 60.2 Å². The Balaban J connectivity index is 0.000000369. The van der Waals surface area contributed by atoms with Crippen LogP contribution < -0.4 is 0 Å². The van der Waals surface area contributed by atoms with Crippen molar-refractivity contribution in [3.05, 3.63) is 96.1 Å². The standard InChI is InChI=1S/2C8H7O.C8H11.Pt/c2*1-7(9)8-5-3-2-4-6-8;1-2-4-6-8-7-5-3-1;/h2*3-6H,1H3;1-2,7H,3-6H2;/q3*-1;. The Morgan fingerprint density at radius 1 is 0.741 bits per heavy atom. The van der Waals surface area contributed by atoms with E-state index < -0.39 is 0 Å². The van der Waals surface area contributed by atoms with Crippen LogP contribution in [0.25, 0.3) is 0 Å². The van der Waals surface area contributed by atoms with Gasteiger partial charge in [0.1, 0.15) is 11.6 Å². The minimum absolute atomic E-state index is 0. The summed E-state index contributed by atoms with van der Waals surface area (Å²) in [6.45, 7) is 3.10. The predicted molar refractivity (Wildman–Crippen MR) is 106 cm³/mol. The largest absolute Gasteiger partial charge is 0.500 e. The van der Waals surface area contributed by atoms with E-state index in [1.165, 1.54) is 19.3 Å². The summed E-state index contributed by atoms with van der Waals surface area (Å²) < 4.78 is 0. The fourth-order valence-electron chi connectivity index (χ4n) is 2.03. The maximum absolute atomic E-state index is 10.6. The van der Waals surface area contributed by atoms with Gasteiger partial charge in [-0.3, -0.25) is 15.7 Å². The Labute approximate surface area is 177 Å². The molecule has 0 bridgehead atoms. The van der Waals surface area contributed by atoms with Gasteiger partial charge < -0.3 is 6.08 Å². The van der Waals surface area contributed by atoms with Crippen LogP contribution in [0.3, 0.4) is 0 Å². The third kappa shape index (κ3) is 12.9. The molecule has 1 aliphatic carbocycles. The summed E-state index contributed by atoms with van der Waals surface area (Å²) >= 11 is 0. The average molecular weight is 541 g/mol. The molecule has 0 aromatic heterocycles. The number of rotatable bonds is 2. The van der Waals surface area contributed by atoms with Gasteiger partial charge in [0.2, 0.25) is 0 Å². The van der Waals surface area contributed by atoms with Crippen LogP contribution in [0.15, 0.2) is 66.8 Å². The number of hydrogen-bond acceptors (Lipinski definition) is 2. The van der Waals surface area contributed by atoms with E-state index >= 15 is 0 Å². The van der Waals surface area contributed by atoms with E-state index in [4.69, 9.17) is 0 Å². The Morgan fingerprint density at radius 3 is 1.59 bits per heavy atom. The minimum Gasteiger partial charge on any atom is -0.500 e. The van der Waals surface area contributed by atoms with Crippen molar-refractivity contribution in [2.45, 2.75) is 39.5 Å². The van der Waals surface area contributed by atoms with Crippen LogP contribution >= 0.6 is 0 Å². The summed E-state index contributed by atoms with van der Waals surface area (Å²) in [6, 6.07) is 19.6. The van der Waals surface area contributed by atoms with Crippen LogP contribution in [0.4, 0.5) is 0 Å². The van der Waals surface area contributed by atoms with Crippen molar-refractivity contribution >= 4 is 11.6 Å². The molecule has 3 rings (SSSR count). The van der Waals surface area contributed by atoms with Gasteiger partial charge in [-0.1, -0.05) is 36.1 Å². The number of carbonyl (C=O) groups is 2. The Hall–Kier alpha value is -2.05. The summed E-state index contributed by atoms with van der Waals surface area (Å²) in [5, 5.41) is 0. The molecule has 146 valence electrons. The molecule has 0 amide bonds. The summed E-state index contributed by atoms with van der Waals surface area (Å²) in [5.74, 6) is 0.202. The molecule has 3 heteroatoms. The zero-order valence-corrected chi connectivity index (χ0v) is 18.1. The molecule has 0 saturated heterocycles. The van der Waals surface area contributed by atoms with Gasteiger partial charge in [0.15, 0.2) is 0 Å². The van der Waals surface area contributed by atoms with Crippen molar-refractivity contribution in [3.8, 4) is 0 Å². The van der Waals surface area contributed by atoms with Crippen molar-refractivity contribution in [2.24, 2.45) is 0 Å². The zero-order valence-electron chi connectivity index (χ0n) is 15.8. The maximum atomic E-state index is 10.6. The number of hydrogen-bond donors (Lipinski definition) is 0. The molecule has 0 heterocycles. The number of allylic oxidation sites excluding steroid dienone is 4. The van der Waals surface area contributed by atoms with Crippen LogP contribution in [0, 0.1) is 18.2 Å². The molecule has 0 atom stereocenters. The molecule has 0 spiro atoms. The first kappa shape index (κ1) is 24.9. The van der Waals surface area contributed by atoms with Crippen LogP contribution in [0.2, 0.25) is 0 Å². The monoisotopic (exact) mass is 540 g/mol. The van der Waals surface area contributed by atoms with E-state index in [1.807, 2.05) is 0 Å². The second kappa shape index (κ2) is 16.1. The molecule has 2 aromatic carbocycles. The van der Waals surface area contributed by atoms with E-state index in [9.17, 15) is 9.59 Å². The summed E-state index contributed by atoms with van der Waals surface area (Å²) in [5.41, 5.74) is 1.49. The van der Waals surface area contributed by atoms with Crippen LogP contribution in [-0.4, -0.2) is 11.6 Å². The van der Waals surface area contributed by atoms with Crippen molar-refractivity contribution in [3.63, 3.8) is 0 Å². The van der Waals surface area contributed by atoms with Gasteiger partial charge in [-0.2, -0.15) is 67.1 Å². The van der Waals surface area contributed by atoms with E-state index in [-0.39, 0.29) is 32.6 Å². The Kier molecular flexibility index (Phi) is 14.9. The van der Waals surface area contributed by atoms with Crippen molar-refractivity contribution < 1.29 is 30.7 Å². The van der Waals surface area contributed by atoms with E-state index in [1.54, 1.807) is 62.4 Å². The molecule has 0 radical (unpaired) electrons. The van der Waals surface area contributed by atoms with Crippen molar-refractivity contribution in [1.29, 1.82) is 0 Å². The SMILES string of the molecule is CC(=O)c1cc[c-]cc1.CC(=O)c1cc[c-]cc1.[C-]1=CCCC=CCC1.[Pt]. The van der Waals surface area contributed by atoms with E-state index in [2.05, 4.69) is 36.4 Å². The van der Waals surface area contributed by atoms with Gasteiger partial charge in [-0.25, -0.2) is 0 Å². The molecule has 0 N–H and O–H groups in total. The smallest absolute Gasteiger partial charge is 0.135 e. The molecule has 0 aliphatic heterocycles. The van der Waals surface area contributed by atoms with Gasteiger partial charge in [-0.15, -0.1) is 0 Å². The number of ketones is 2. The second-order valence-electron chi connectivity index (χ2n) is 5.69. The second-order valence-corrected chi connectivity index (χ2v) is 5.69. The van der Waals surface area contributed by atoms with Gasteiger partial charge in [0.25, 0.3) is 0 Å². The molecule has 27 heavy (non-hydrogen) atoms. The third-order valence-electron chi connectivity index (χ3n) is 3.49. The first-order chi connectivity index (χ1) is 12.6. The maximum Gasteiger partial charge on any atom is 0.135 e. The van der Waals surface area contributed by atoms with Crippen LogP contribution in [0.5, 0.6) is 0 Å². The van der Waals surface area contributed by atoms with Crippen molar-refractivity contribution in [1.82, 2.24) is 0 Å². The summed E-state index contributed by atoms with van der Waals surface area (Å²) in [7, 11) is 0. The summed E-state index contributed by atoms with van der Waals surface area (Å²) in [4.78, 5) is 21.3. The van der Waals surface area contributed by atoms with Gasteiger partial charge in [0, 0.05) is 21.1 Å². The Bertz CT molecular complexity index is 628. The van der Waals surface area contributed by atoms with Gasteiger partial charge >= 0.3 is 0 Å². The van der Waals surface area contributed by atoms with E-state index in [0.29, 0.717) is 0 Å². The first-order valence-corrected chi connectivity index (χ1v) is 8.75. The average Bonchev–Trinajstić information content (AvgIpc) is 2.64. The molecule has 0 fully saturated rings. The Morgan fingerprint density at radius 2 is 1.19 bits per heavy atom. The summed E-state index contributed by atoms with van der Waals surface area (Å²) in [6.07, 6.45) is 14.5. The molecule has 2 aromatic rings. The molecule has 0 unspecified atom stereocenters. The predicted octanol–water partition coefficient (Wildman–Crippen LogP) is 5.85. The molecule has 1 aliphatic rings. The van der Waals surface area contributed by atoms with Gasteiger partial charge in [-0.05, 0) is 20.3 Å². The molecule has 0 saturated carbocycles. The third-order valence-corrected chi connectivity index (χ3v) is 3.49. The normalized spacial score (nSPS) is 11.9. The van der Waals surface area contributed by atoms with Crippen LogP contribution in [-0.2, 0) is 21.1 Å². The quantitative estimate of drug-likeness (QED) is 0.272. The molecule has 2 nitrogen and oxygen atoms in total. The van der Waals surface area contributed by atoms with Crippen molar-refractivity contribution in [2.75, 3.05) is 0 Å². The number of benzene rings is 2. The van der Waals surface area contributed by atoms with E-state index in [0.717, 1.165) is 17.5 Å². The minimum atomic E-state index is 0. The fraction of sp³-hybridized carbons (Fsp3) is 0.250. The molecular formula is C24H25O2Pt-3. The zero-order chi connectivity index (χ0) is 19.0. The topological polar surface area (TPSA) is 34.1 Å². The first-order valence-electron chi connectivity index (χ1n) is 8.75. The molecular weight excluding hydrogens is 515 g/mol. The number of carbonyl (C=O) groups excluding carboxylic acids is 2.